The zero-order valence-corrected chi connectivity index (χ0v) is 7.96. The van der Waals surface area contributed by atoms with Gasteiger partial charge in [-0.2, -0.15) is 0 Å². The molecule has 0 amide bonds. The summed E-state index contributed by atoms with van der Waals surface area (Å²) in [5.74, 6) is 0. The number of hydrogen-bond donors (Lipinski definition) is 2. The van der Waals surface area contributed by atoms with Crippen LogP contribution in [0.3, 0.4) is 0 Å². The Balaban J connectivity index is 1.94. The van der Waals surface area contributed by atoms with Crippen LogP contribution >= 0.6 is 0 Å². The first-order chi connectivity index (χ1) is 6.31. The summed E-state index contributed by atoms with van der Waals surface area (Å²) in [4.78, 5) is 2.16. The zero-order chi connectivity index (χ0) is 9.15. The van der Waals surface area contributed by atoms with Crippen LogP contribution in [0.25, 0.3) is 0 Å². The van der Waals surface area contributed by atoms with Crippen LogP contribution in [0.15, 0.2) is 0 Å². The van der Waals surface area contributed by atoms with Gasteiger partial charge in [0.1, 0.15) is 5.72 Å². The number of aliphatic hydroxyl groups is 1. The van der Waals surface area contributed by atoms with Gasteiger partial charge in [0, 0.05) is 25.9 Å². The second-order valence-corrected chi connectivity index (χ2v) is 3.83. The molecule has 2 rings (SSSR count). The smallest absolute Gasteiger partial charge is 0.121 e. The van der Waals surface area contributed by atoms with Crippen LogP contribution in [-0.2, 0) is 4.74 Å². The minimum atomic E-state index is -0.560. The predicted molar refractivity (Wildman–Crippen MR) is 49.4 cm³/mol. The third-order valence-electron chi connectivity index (χ3n) is 3.00. The van der Waals surface area contributed by atoms with Crippen LogP contribution in [0, 0.1) is 0 Å². The van der Waals surface area contributed by atoms with Crippen LogP contribution in [0.5, 0.6) is 0 Å². The predicted octanol–water partition coefficient (Wildman–Crippen LogP) is -0.609. The monoisotopic (exact) mass is 186 g/mol. The lowest BCUT2D eigenvalue weighted by Crippen LogP contribution is -2.57. The van der Waals surface area contributed by atoms with E-state index in [9.17, 15) is 5.11 Å². The van der Waals surface area contributed by atoms with Crippen molar-refractivity contribution in [2.45, 2.75) is 18.6 Å². The molecule has 0 bridgehead atoms. The van der Waals surface area contributed by atoms with Gasteiger partial charge in [-0.15, -0.1) is 0 Å². The highest BCUT2D eigenvalue weighted by atomic mass is 16.5. The molecular formula is C9H18N2O2. The number of nitrogens with zero attached hydrogens (tertiary/aromatic N) is 1. The van der Waals surface area contributed by atoms with Crippen molar-refractivity contribution in [2.75, 3.05) is 39.4 Å². The second kappa shape index (κ2) is 3.92. The quantitative estimate of drug-likeness (QED) is 0.573. The number of ether oxygens (including phenoxy) is 1. The van der Waals surface area contributed by atoms with Gasteiger partial charge in [-0.25, -0.2) is 0 Å². The van der Waals surface area contributed by atoms with E-state index in [1.54, 1.807) is 0 Å². The number of morpholine rings is 1. The Morgan fingerprint density at radius 1 is 1.15 bits per heavy atom. The first kappa shape index (κ1) is 9.40. The molecule has 2 fully saturated rings. The summed E-state index contributed by atoms with van der Waals surface area (Å²) in [5, 5.41) is 13.6. The molecule has 76 valence electrons. The fraction of sp³-hybridized carbons (Fsp3) is 1.00. The molecule has 0 radical (unpaired) electrons. The highest BCUT2D eigenvalue weighted by Gasteiger charge is 2.36. The molecule has 0 unspecified atom stereocenters. The van der Waals surface area contributed by atoms with Gasteiger partial charge < -0.3 is 15.2 Å². The molecule has 4 nitrogen and oxygen atoms in total. The topological polar surface area (TPSA) is 44.7 Å². The van der Waals surface area contributed by atoms with E-state index in [1.165, 1.54) is 0 Å². The van der Waals surface area contributed by atoms with Gasteiger partial charge in [0.05, 0.1) is 13.2 Å². The molecule has 2 N–H and O–H groups in total. The van der Waals surface area contributed by atoms with Crippen molar-refractivity contribution in [1.29, 1.82) is 0 Å². The summed E-state index contributed by atoms with van der Waals surface area (Å²) < 4.78 is 5.27. The Morgan fingerprint density at radius 3 is 2.38 bits per heavy atom. The highest BCUT2D eigenvalue weighted by Crippen LogP contribution is 2.23. The number of piperidine rings is 1. The highest BCUT2D eigenvalue weighted by molar-refractivity contribution is 4.85. The van der Waals surface area contributed by atoms with Gasteiger partial charge in [-0.3, -0.25) is 4.90 Å². The largest absolute Gasteiger partial charge is 0.379 e. The van der Waals surface area contributed by atoms with E-state index in [0.717, 1.165) is 52.2 Å². The molecule has 13 heavy (non-hydrogen) atoms. The Morgan fingerprint density at radius 2 is 1.77 bits per heavy atom. The molecule has 0 saturated carbocycles. The molecule has 2 heterocycles. The number of nitrogens with one attached hydrogen (secondary N) is 1. The van der Waals surface area contributed by atoms with Crippen LogP contribution in [0.2, 0.25) is 0 Å². The molecule has 0 spiro atoms. The van der Waals surface area contributed by atoms with Crippen molar-refractivity contribution in [1.82, 2.24) is 10.2 Å². The first-order valence-corrected chi connectivity index (χ1v) is 5.07. The third kappa shape index (κ3) is 2.02. The Bertz CT molecular complexity index is 163. The second-order valence-electron chi connectivity index (χ2n) is 3.83. The molecule has 0 aliphatic carbocycles. The lowest BCUT2D eigenvalue weighted by atomic mass is 9.99. The van der Waals surface area contributed by atoms with Crippen molar-refractivity contribution < 1.29 is 9.84 Å². The van der Waals surface area contributed by atoms with Crippen LogP contribution < -0.4 is 5.32 Å². The summed E-state index contributed by atoms with van der Waals surface area (Å²) in [6, 6.07) is 0. The summed E-state index contributed by atoms with van der Waals surface area (Å²) in [6.07, 6.45) is 1.68. The number of rotatable bonds is 1. The van der Waals surface area contributed by atoms with Crippen LogP contribution in [-0.4, -0.2) is 55.1 Å². The van der Waals surface area contributed by atoms with Gasteiger partial charge in [0.25, 0.3) is 0 Å². The maximum atomic E-state index is 10.3. The standard InChI is InChI=1S/C9H18N2O2/c12-9(1-3-10-4-2-9)11-5-7-13-8-6-11/h10,12H,1-8H2. The molecule has 2 saturated heterocycles. The Labute approximate surface area is 78.9 Å². The molecule has 0 aromatic rings. The van der Waals surface area contributed by atoms with Crippen molar-refractivity contribution in [2.24, 2.45) is 0 Å². The number of hydrogen-bond acceptors (Lipinski definition) is 4. The third-order valence-corrected chi connectivity index (χ3v) is 3.00. The minimum Gasteiger partial charge on any atom is -0.379 e. The van der Waals surface area contributed by atoms with Gasteiger partial charge in [-0.05, 0) is 13.1 Å². The average Bonchev–Trinajstić information content (AvgIpc) is 2.20. The maximum Gasteiger partial charge on any atom is 0.121 e. The summed E-state index contributed by atoms with van der Waals surface area (Å²) in [7, 11) is 0. The van der Waals surface area contributed by atoms with Gasteiger partial charge >= 0.3 is 0 Å². The summed E-state index contributed by atoms with van der Waals surface area (Å²) in [6.45, 7) is 5.11. The van der Waals surface area contributed by atoms with E-state index in [1.807, 2.05) is 0 Å². The molecule has 2 aliphatic heterocycles. The first-order valence-electron chi connectivity index (χ1n) is 5.07. The van der Waals surface area contributed by atoms with E-state index in [2.05, 4.69) is 10.2 Å². The fourth-order valence-corrected chi connectivity index (χ4v) is 2.12. The van der Waals surface area contributed by atoms with Crippen LogP contribution in [0.4, 0.5) is 0 Å². The Hall–Kier alpha value is -0.160. The summed E-state index contributed by atoms with van der Waals surface area (Å²) in [5.41, 5.74) is -0.560. The fourth-order valence-electron chi connectivity index (χ4n) is 2.12. The lowest BCUT2D eigenvalue weighted by molar-refractivity contribution is -0.154. The van der Waals surface area contributed by atoms with Gasteiger partial charge in [0.2, 0.25) is 0 Å². The van der Waals surface area contributed by atoms with Crippen molar-refractivity contribution in [3.05, 3.63) is 0 Å². The van der Waals surface area contributed by atoms with E-state index in [4.69, 9.17) is 4.74 Å². The van der Waals surface area contributed by atoms with Crippen molar-refractivity contribution >= 4 is 0 Å². The molecule has 0 aromatic carbocycles. The SMILES string of the molecule is OC1(N2CCOCC2)CCNCC1. The van der Waals surface area contributed by atoms with Gasteiger partial charge in [0.15, 0.2) is 0 Å². The molecule has 2 aliphatic rings. The zero-order valence-electron chi connectivity index (χ0n) is 7.96. The van der Waals surface area contributed by atoms with E-state index >= 15 is 0 Å². The molecule has 0 aromatic heterocycles. The Kier molecular flexibility index (Phi) is 2.83. The van der Waals surface area contributed by atoms with Crippen LogP contribution in [0.1, 0.15) is 12.8 Å². The molecule has 0 atom stereocenters. The molecule has 4 heteroatoms. The van der Waals surface area contributed by atoms with Gasteiger partial charge in [-0.1, -0.05) is 0 Å². The maximum absolute atomic E-state index is 10.3. The van der Waals surface area contributed by atoms with E-state index < -0.39 is 5.72 Å². The average molecular weight is 186 g/mol. The normalized spacial score (nSPS) is 30.2. The van der Waals surface area contributed by atoms with E-state index in [0.29, 0.717) is 0 Å². The minimum absolute atomic E-state index is 0.560. The molecular weight excluding hydrogens is 168 g/mol. The van der Waals surface area contributed by atoms with E-state index in [-0.39, 0.29) is 0 Å². The lowest BCUT2D eigenvalue weighted by Gasteiger charge is -2.44. The van der Waals surface area contributed by atoms with Crippen molar-refractivity contribution in [3.63, 3.8) is 0 Å². The summed E-state index contributed by atoms with van der Waals surface area (Å²) >= 11 is 0. The van der Waals surface area contributed by atoms with Crippen molar-refractivity contribution in [3.8, 4) is 0 Å².